The van der Waals surface area contributed by atoms with E-state index in [2.05, 4.69) is 26.8 Å². The standard InChI is InChI=1S/C9H10N4S/c1-2-3-10-6-7-13-8-9(14-7)12-5-4-11-8/h2,4-5,10H,1,3,6H2. The minimum Gasteiger partial charge on any atom is -0.307 e. The van der Waals surface area contributed by atoms with Crippen molar-refractivity contribution in [2.24, 2.45) is 0 Å². The quantitative estimate of drug-likeness (QED) is 0.606. The SMILES string of the molecule is C=CCNCc1nc2nccnc2s1. The molecule has 2 rings (SSSR count). The third-order valence-electron chi connectivity index (χ3n) is 1.66. The molecule has 0 spiro atoms. The summed E-state index contributed by atoms with van der Waals surface area (Å²) in [5, 5.41) is 4.19. The molecule has 0 fully saturated rings. The maximum atomic E-state index is 4.33. The Morgan fingerprint density at radius 2 is 2.29 bits per heavy atom. The highest BCUT2D eigenvalue weighted by Crippen LogP contribution is 2.16. The maximum Gasteiger partial charge on any atom is 0.189 e. The van der Waals surface area contributed by atoms with E-state index in [9.17, 15) is 0 Å². The van der Waals surface area contributed by atoms with E-state index in [1.54, 1.807) is 23.7 Å². The van der Waals surface area contributed by atoms with E-state index in [1.165, 1.54) is 0 Å². The fraction of sp³-hybridized carbons (Fsp3) is 0.222. The molecule has 0 aromatic carbocycles. The topological polar surface area (TPSA) is 50.7 Å². The van der Waals surface area contributed by atoms with Crippen molar-refractivity contribution in [3.05, 3.63) is 30.1 Å². The normalized spacial score (nSPS) is 10.6. The summed E-state index contributed by atoms with van der Waals surface area (Å²) in [6.45, 7) is 5.16. The molecule has 2 aromatic heterocycles. The molecule has 2 aromatic rings. The van der Waals surface area contributed by atoms with Crippen molar-refractivity contribution in [3.63, 3.8) is 0 Å². The van der Waals surface area contributed by atoms with E-state index in [4.69, 9.17) is 0 Å². The van der Waals surface area contributed by atoms with Gasteiger partial charge in [-0.3, -0.25) is 0 Å². The molecule has 0 saturated carbocycles. The van der Waals surface area contributed by atoms with Crippen molar-refractivity contribution in [1.29, 1.82) is 0 Å². The van der Waals surface area contributed by atoms with Crippen LogP contribution in [-0.4, -0.2) is 21.5 Å². The Balaban J connectivity index is 2.14. The molecule has 1 N–H and O–H groups in total. The fourth-order valence-corrected chi connectivity index (χ4v) is 1.91. The molecule has 2 heterocycles. The molecule has 0 aliphatic carbocycles. The Labute approximate surface area is 85.7 Å². The first-order valence-corrected chi connectivity index (χ1v) is 5.10. The fourth-order valence-electron chi connectivity index (χ4n) is 1.08. The summed E-state index contributed by atoms with van der Waals surface area (Å²) >= 11 is 1.57. The van der Waals surface area contributed by atoms with Crippen LogP contribution in [-0.2, 0) is 6.54 Å². The van der Waals surface area contributed by atoms with Crippen molar-refractivity contribution in [1.82, 2.24) is 20.3 Å². The van der Waals surface area contributed by atoms with Gasteiger partial charge in [0.2, 0.25) is 0 Å². The van der Waals surface area contributed by atoms with Crippen LogP contribution in [0.3, 0.4) is 0 Å². The predicted molar refractivity (Wildman–Crippen MR) is 57.1 cm³/mol. The minimum atomic E-state index is 0.730. The third kappa shape index (κ3) is 1.94. The van der Waals surface area contributed by atoms with E-state index in [0.717, 1.165) is 28.6 Å². The number of thiazole rings is 1. The molecule has 0 aliphatic rings. The lowest BCUT2D eigenvalue weighted by atomic mass is 10.6. The van der Waals surface area contributed by atoms with Gasteiger partial charge in [-0.1, -0.05) is 17.4 Å². The number of aromatic nitrogens is 3. The first-order chi connectivity index (χ1) is 6.90. The van der Waals surface area contributed by atoms with Gasteiger partial charge in [0, 0.05) is 25.5 Å². The second-order valence-electron chi connectivity index (χ2n) is 2.71. The molecular formula is C9H10N4S. The molecule has 0 bridgehead atoms. The van der Waals surface area contributed by atoms with Crippen molar-refractivity contribution < 1.29 is 0 Å². The van der Waals surface area contributed by atoms with Crippen molar-refractivity contribution in [2.45, 2.75) is 6.54 Å². The van der Waals surface area contributed by atoms with Crippen LogP contribution in [0.25, 0.3) is 10.5 Å². The Morgan fingerprint density at radius 3 is 3.07 bits per heavy atom. The molecular weight excluding hydrogens is 196 g/mol. The van der Waals surface area contributed by atoms with Crippen LogP contribution in [0.1, 0.15) is 5.01 Å². The van der Waals surface area contributed by atoms with Crippen LogP contribution in [0.2, 0.25) is 0 Å². The number of hydrogen-bond donors (Lipinski definition) is 1. The molecule has 0 unspecified atom stereocenters. The Hall–Kier alpha value is -1.33. The number of nitrogens with one attached hydrogen (secondary N) is 1. The Bertz CT molecular complexity index is 404. The molecule has 72 valence electrons. The van der Waals surface area contributed by atoms with Gasteiger partial charge in [-0.15, -0.1) is 6.58 Å². The van der Waals surface area contributed by atoms with E-state index in [-0.39, 0.29) is 0 Å². The summed E-state index contributed by atoms with van der Waals surface area (Å²) < 4.78 is 0. The number of hydrogen-bond acceptors (Lipinski definition) is 5. The van der Waals surface area contributed by atoms with Crippen LogP contribution >= 0.6 is 11.3 Å². The van der Waals surface area contributed by atoms with Gasteiger partial charge in [-0.25, -0.2) is 15.0 Å². The average Bonchev–Trinajstić information content (AvgIpc) is 2.60. The van der Waals surface area contributed by atoms with E-state index in [1.807, 2.05) is 6.08 Å². The van der Waals surface area contributed by atoms with Gasteiger partial charge in [0.1, 0.15) is 5.01 Å². The van der Waals surface area contributed by atoms with Crippen molar-refractivity contribution in [2.75, 3.05) is 6.54 Å². The molecule has 5 heteroatoms. The summed E-state index contributed by atoms with van der Waals surface area (Å²) in [5.41, 5.74) is 0.730. The van der Waals surface area contributed by atoms with Crippen LogP contribution in [0.4, 0.5) is 0 Å². The number of rotatable bonds is 4. The highest BCUT2D eigenvalue weighted by atomic mass is 32.1. The number of fused-ring (bicyclic) bond motifs is 1. The minimum absolute atomic E-state index is 0.730. The lowest BCUT2D eigenvalue weighted by Crippen LogP contribution is -2.12. The summed E-state index contributed by atoms with van der Waals surface area (Å²) in [7, 11) is 0. The summed E-state index contributed by atoms with van der Waals surface area (Å²) in [5.74, 6) is 0. The first kappa shape index (κ1) is 9.23. The van der Waals surface area contributed by atoms with E-state index in [0.29, 0.717) is 0 Å². The predicted octanol–water partition coefficient (Wildman–Crippen LogP) is 1.36. The van der Waals surface area contributed by atoms with Crippen molar-refractivity contribution >= 4 is 21.8 Å². The smallest absolute Gasteiger partial charge is 0.189 e. The van der Waals surface area contributed by atoms with Crippen molar-refractivity contribution in [3.8, 4) is 0 Å². The zero-order chi connectivity index (χ0) is 9.80. The zero-order valence-corrected chi connectivity index (χ0v) is 8.42. The largest absolute Gasteiger partial charge is 0.307 e. The molecule has 0 aliphatic heterocycles. The van der Waals surface area contributed by atoms with Gasteiger partial charge in [-0.2, -0.15) is 0 Å². The van der Waals surface area contributed by atoms with Crippen LogP contribution in [0, 0.1) is 0 Å². The van der Waals surface area contributed by atoms with Gasteiger partial charge in [-0.05, 0) is 0 Å². The Morgan fingerprint density at radius 1 is 1.43 bits per heavy atom. The highest BCUT2D eigenvalue weighted by Gasteiger charge is 2.03. The van der Waals surface area contributed by atoms with E-state index >= 15 is 0 Å². The van der Waals surface area contributed by atoms with Crippen LogP contribution in [0.5, 0.6) is 0 Å². The highest BCUT2D eigenvalue weighted by molar-refractivity contribution is 7.18. The maximum absolute atomic E-state index is 4.33. The molecule has 14 heavy (non-hydrogen) atoms. The van der Waals surface area contributed by atoms with Gasteiger partial charge < -0.3 is 5.32 Å². The third-order valence-corrected chi connectivity index (χ3v) is 2.61. The van der Waals surface area contributed by atoms with Gasteiger partial charge in [0.15, 0.2) is 10.5 Å². The zero-order valence-electron chi connectivity index (χ0n) is 7.60. The lowest BCUT2D eigenvalue weighted by molar-refractivity contribution is 0.756. The Kier molecular flexibility index (Phi) is 2.81. The van der Waals surface area contributed by atoms with Gasteiger partial charge in [0.05, 0.1) is 0 Å². The molecule has 0 saturated heterocycles. The van der Waals surface area contributed by atoms with Crippen LogP contribution in [0.15, 0.2) is 25.0 Å². The van der Waals surface area contributed by atoms with Gasteiger partial charge >= 0.3 is 0 Å². The molecule has 4 nitrogen and oxygen atoms in total. The molecule has 0 radical (unpaired) electrons. The second-order valence-corrected chi connectivity index (χ2v) is 3.77. The lowest BCUT2D eigenvalue weighted by Gasteiger charge is -1.94. The molecule has 0 atom stereocenters. The second kappa shape index (κ2) is 4.26. The molecule has 0 amide bonds. The van der Waals surface area contributed by atoms with Crippen LogP contribution < -0.4 is 5.32 Å². The summed E-state index contributed by atoms with van der Waals surface area (Å²) in [6, 6.07) is 0. The average molecular weight is 206 g/mol. The van der Waals surface area contributed by atoms with E-state index < -0.39 is 0 Å². The monoisotopic (exact) mass is 206 g/mol. The number of nitrogens with zero attached hydrogens (tertiary/aromatic N) is 3. The summed E-state index contributed by atoms with van der Waals surface area (Å²) in [4.78, 5) is 13.5. The van der Waals surface area contributed by atoms with Gasteiger partial charge in [0.25, 0.3) is 0 Å². The summed E-state index contributed by atoms with van der Waals surface area (Å²) in [6.07, 6.45) is 5.16. The first-order valence-electron chi connectivity index (χ1n) is 4.28.